The van der Waals surface area contributed by atoms with Crippen molar-refractivity contribution in [2.24, 2.45) is 0 Å². The zero-order valence-corrected chi connectivity index (χ0v) is 13.5. The van der Waals surface area contributed by atoms with E-state index in [2.05, 4.69) is 0 Å². The average Bonchev–Trinajstić information content (AvgIpc) is 2.60. The number of methoxy groups -OCH3 is 2. The Morgan fingerprint density at radius 2 is 1.05 bits per heavy atom. The molecule has 2 aromatic carbocycles. The van der Waals surface area contributed by atoms with Crippen molar-refractivity contribution in [3.63, 3.8) is 0 Å². The van der Waals surface area contributed by atoms with Crippen molar-refractivity contribution in [1.82, 2.24) is 0 Å². The molecule has 0 amide bonds. The van der Waals surface area contributed by atoms with Crippen molar-refractivity contribution in [2.45, 2.75) is 25.7 Å². The molecule has 2 rings (SSSR count). The molecule has 3 heteroatoms. The number of carbonyl (C=O) groups excluding carboxylic acids is 1. The second kappa shape index (κ2) is 7.12. The van der Waals surface area contributed by atoms with Crippen LogP contribution >= 0.6 is 0 Å². The van der Waals surface area contributed by atoms with Gasteiger partial charge in [-0.2, -0.15) is 0 Å². The van der Waals surface area contributed by atoms with Crippen LogP contribution in [-0.4, -0.2) is 20.0 Å². The normalized spacial score (nSPS) is 13.3. The Labute approximate surface area is 131 Å². The first kappa shape index (κ1) is 16.1. The molecule has 0 saturated carbocycles. The molecule has 2 aromatic rings. The van der Waals surface area contributed by atoms with Crippen LogP contribution in [0.4, 0.5) is 0 Å². The van der Waals surface area contributed by atoms with E-state index < -0.39 is 0 Å². The van der Waals surface area contributed by atoms with Crippen LogP contribution in [0.3, 0.4) is 0 Å². The van der Waals surface area contributed by atoms with Crippen LogP contribution in [-0.2, 0) is 4.79 Å². The number of rotatable bonds is 6. The van der Waals surface area contributed by atoms with Gasteiger partial charge in [0.1, 0.15) is 17.3 Å². The molecule has 0 aliphatic carbocycles. The highest BCUT2D eigenvalue weighted by Crippen LogP contribution is 2.28. The van der Waals surface area contributed by atoms with Gasteiger partial charge in [0.25, 0.3) is 0 Å². The average molecular weight is 298 g/mol. The summed E-state index contributed by atoms with van der Waals surface area (Å²) in [6, 6.07) is 15.3. The minimum absolute atomic E-state index is 0.150. The highest BCUT2D eigenvalue weighted by Gasteiger charge is 2.22. The van der Waals surface area contributed by atoms with Crippen molar-refractivity contribution >= 4 is 5.78 Å². The van der Waals surface area contributed by atoms with Crippen LogP contribution in [0.2, 0.25) is 0 Å². The molecule has 2 atom stereocenters. The molecule has 0 saturated heterocycles. The van der Waals surface area contributed by atoms with Crippen LogP contribution in [0.5, 0.6) is 11.5 Å². The van der Waals surface area contributed by atoms with Gasteiger partial charge in [0, 0.05) is 11.8 Å². The third-order valence-corrected chi connectivity index (χ3v) is 4.09. The van der Waals surface area contributed by atoms with E-state index in [0.717, 1.165) is 22.6 Å². The number of Topliss-reactive ketones (excluding diaryl/α,β-unsaturated/α-hetero) is 1. The van der Waals surface area contributed by atoms with Gasteiger partial charge in [-0.05, 0) is 35.4 Å². The van der Waals surface area contributed by atoms with Crippen LogP contribution in [0, 0.1) is 0 Å². The molecule has 22 heavy (non-hydrogen) atoms. The summed E-state index contributed by atoms with van der Waals surface area (Å²) in [5.74, 6) is 1.50. The van der Waals surface area contributed by atoms with E-state index in [9.17, 15) is 4.79 Å². The highest BCUT2D eigenvalue weighted by molar-refractivity contribution is 5.91. The Bertz CT molecular complexity index is 559. The number of hydrogen-bond donors (Lipinski definition) is 0. The zero-order chi connectivity index (χ0) is 16.1. The lowest BCUT2D eigenvalue weighted by molar-refractivity contribution is -0.121. The van der Waals surface area contributed by atoms with E-state index in [0.29, 0.717) is 0 Å². The molecule has 0 radical (unpaired) electrons. The van der Waals surface area contributed by atoms with Gasteiger partial charge >= 0.3 is 0 Å². The summed E-state index contributed by atoms with van der Waals surface area (Å²) in [6.45, 7) is 3.90. The van der Waals surface area contributed by atoms with Crippen molar-refractivity contribution in [2.75, 3.05) is 14.2 Å². The second-order valence-electron chi connectivity index (χ2n) is 5.39. The van der Waals surface area contributed by atoms with Gasteiger partial charge in [0.2, 0.25) is 0 Å². The largest absolute Gasteiger partial charge is 0.497 e. The molecule has 3 nitrogen and oxygen atoms in total. The quantitative estimate of drug-likeness (QED) is 0.802. The third kappa shape index (κ3) is 3.48. The Kier molecular flexibility index (Phi) is 5.21. The van der Waals surface area contributed by atoms with Crippen molar-refractivity contribution < 1.29 is 14.3 Å². The summed E-state index contributed by atoms with van der Waals surface area (Å²) in [5, 5.41) is 0. The fraction of sp³-hybridized carbons (Fsp3) is 0.316. The number of ketones is 1. The molecular formula is C19H22O3. The van der Waals surface area contributed by atoms with Gasteiger partial charge in [-0.3, -0.25) is 4.79 Å². The van der Waals surface area contributed by atoms with Gasteiger partial charge in [-0.25, -0.2) is 0 Å². The fourth-order valence-electron chi connectivity index (χ4n) is 2.49. The summed E-state index contributed by atoms with van der Waals surface area (Å²) >= 11 is 0. The maximum atomic E-state index is 12.7. The van der Waals surface area contributed by atoms with Crippen molar-refractivity contribution in [1.29, 1.82) is 0 Å². The molecule has 0 N–H and O–H groups in total. The Morgan fingerprint density at radius 1 is 0.727 bits per heavy atom. The summed E-state index contributed by atoms with van der Waals surface area (Å²) in [5.41, 5.74) is 2.01. The molecule has 0 heterocycles. The summed E-state index contributed by atoms with van der Waals surface area (Å²) in [6.07, 6.45) is 0. The standard InChI is InChI=1S/C19H22O3/c1-13(15-5-9-17(21-3)10-6-15)19(20)14(2)16-7-11-18(22-4)12-8-16/h5-14H,1-4H3. The lowest BCUT2D eigenvalue weighted by atomic mass is 9.86. The first-order valence-electron chi connectivity index (χ1n) is 7.38. The number of hydrogen-bond acceptors (Lipinski definition) is 3. The lowest BCUT2D eigenvalue weighted by Crippen LogP contribution is -2.16. The summed E-state index contributed by atoms with van der Waals surface area (Å²) < 4.78 is 10.3. The molecule has 116 valence electrons. The topological polar surface area (TPSA) is 35.5 Å². The van der Waals surface area contributed by atoms with E-state index in [1.165, 1.54) is 0 Å². The van der Waals surface area contributed by atoms with E-state index in [1.807, 2.05) is 62.4 Å². The van der Waals surface area contributed by atoms with Gasteiger partial charge in [-0.1, -0.05) is 38.1 Å². The zero-order valence-electron chi connectivity index (χ0n) is 13.5. The minimum Gasteiger partial charge on any atom is -0.497 e. The smallest absolute Gasteiger partial charge is 0.147 e. The van der Waals surface area contributed by atoms with Gasteiger partial charge in [0.15, 0.2) is 0 Å². The predicted molar refractivity (Wildman–Crippen MR) is 87.8 cm³/mol. The fourth-order valence-corrected chi connectivity index (χ4v) is 2.49. The maximum Gasteiger partial charge on any atom is 0.147 e. The summed E-state index contributed by atoms with van der Waals surface area (Å²) in [4.78, 5) is 12.7. The second-order valence-corrected chi connectivity index (χ2v) is 5.39. The van der Waals surface area contributed by atoms with E-state index in [-0.39, 0.29) is 17.6 Å². The van der Waals surface area contributed by atoms with E-state index >= 15 is 0 Å². The third-order valence-electron chi connectivity index (χ3n) is 4.09. The van der Waals surface area contributed by atoms with Crippen LogP contribution in [0.25, 0.3) is 0 Å². The molecule has 0 aromatic heterocycles. The molecule has 0 aliphatic rings. The lowest BCUT2D eigenvalue weighted by Gasteiger charge is -2.17. The number of benzene rings is 2. The molecule has 2 unspecified atom stereocenters. The SMILES string of the molecule is COc1ccc(C(C)C(=O)C(C)c2ccc(OC)cc2)cc1. The maximum absolute atomic E-state index is 12.7. The molecule has 0 aliphatic heterocycles. The van der Waals surface area contributed by atoms with E-state index in [4.69, 9.17) is 9.47 Å². The first-order valence-corrected chi connectivity index (χ1v) is 7.38. The number of carbonyl (C=O) groups is 1. The first-order chi connectivity index (χ1) is 10.6. The van der Waals surface area contributed by atoms with Crippen molar-refractivity contribution in [3.8, 4) is 11.5 Å². The Hall–Kier alpha value is -2.29. The van der Waals surface area contributed by atoms with E-state index in [1.54, 1.807) is 14.2 Å². The summed E-state index contributed by atoms with van der Waals surface area (Å²) in [7, 11) is 3.27. The van der Waals surface area contributed by atoms with Gasteiger partial charge in [-0.15, -0.1) is 0 Å². The molecule has 0 spiro atoms. The Morgan fingerprint density at radius 3 is 1.32 bits per heavy atom. The van der Waals surface area contributed by atoms with Crippen LogP contribution < -0.4 is 9.47 Å². The van der Waals surface area contributed by atoms with Crippen molar-refractivity contribution in [3.05, 3.63) is 59.7 Å². The monoisotopic (exact) mass is 298 g/mol. The van der Waals surface area contributed by atoms with Crippen LogP contribution in [0.1, 0.15) is 36.8 Å². The highest BCUT2D eigenvalue weighted by atomic mass is 16.5. The molecule has 0 bridgehead atoms. The van der Waals surface area contributed by atoms with Gasteiger partial charge < -0.3 is 9.47 Å². The molecular weight excluding hydrogens is 276 g/mol. The van der Waals surface area contributed by atoms with Gasteiger partial charge in [0.05, 0.1) is 14.2 Å². The van der Waals surface area contributed by atoms with Crippen LogP contribution in [0.15, 0.2) is 48.5 Å². The predicted octanol–water partition coefficient (Wildman–Crippen LogP) is 4.18. The Balaban J connectivity index is 2.13. The molecule has 0 fully saturated rings. The number of ether oxygens (including phenoxy) is 2. The minimum atomic E-state index is -0.150.